The molecule has 0 amide bonds. The average molecular weight is 190 g/mol. The lowest BCUT2D eigenvalue weighted by Gasteiger charge is -2.14. The van der Waals surface area contributed by atoms with E-state index in [0.717, 1.165) is 11.1 Å². The zero-order valence-electron chi connectivity index (χ0n) is 9.12. The molecule has 0 saturated carbocycles. The number of phenols is 1. The van der Waals surface area contributed by atoms with E-state index in [9.17, 15) is 5.11 Å². The van der Waals surface area contributed by atoms with Gasteiger partial charge in [0.15, 0.2) is 0 Å². The van der Waals surface area contributed by atoms with Crippen LogP contribution in [0.3, 0.4) is 0 Å². The van der Waals surface area contributed by atoms with Crippen molar-refractivity contribution in [2.45, 2.75) is 32.6 Å². The summed E-state index contributed by atoms with van der Waals surface area (Å²) in [6.07, 6.45) is 1.85. The molecule has 0 heterocycles. The van der Waals surface area contributed by atoms with Crippen LogP contribution in [0.5, 0.6) is 5.75 Å². The predicted molar refractivity (Wildman–Crippen MR) is 60.8 cm³/mol. The molecule has 1 heteroatoms. The second kappa shape index (κ2) is 4.32. The van der Waals surface area contributed by atoms with Gasteiger partial charge in [0, 0.05) is 11.5 Å². The van der Waals surface area contributed by atoms with Gasteiger partial charge in [-0.15, -0.1) is 6.58 Å². The number of para-hydroxylation sites is 1. The molecule has 0 aromatic heterocycles. The Kier molecular flexibility index (Phi) is 3.34. The largest absolute Gasteiger partial charge is 0.507 e. The Morgan fingerprint density at radius 2 is 1.79 bits per heavy atom. The Morgan fingerprint density at radius 3 is 2.29 bits per heavy atom. The highest BCUT2D eigenvalue weighted by Gasteiger charge is 2.12. The third kappa shape index (κ3) is 1.98. The highest BCUT2D eigenvalue weighted by Crippen LogP contribution is 2.33. The SMILES string of the molecule is C=CC(C)c1cccc(C(C)C)c1O. The fourth-order valence-electron chi connectivity index (χ4n) is 1.54. The van der Waals surface area contributed by atoms with Crippen LogP contribution >= 0.6 is 0 Å². The monoisotopic (exact) mass is 190 g/mol. The Hall–Kier alpha value is -1.24. The average Bonchev–Trinajstić information content (AvgIpc) is 2.16. The Morgan fingerprint density at radius 1 is 1.21 bits per heavy atom. The molecule has 0 saturated heterocycles. The van der Waals surface area contributed by atoms with E-state index in [0.29, 0.717) is 11.7 Å². The van der Waals surface area contributed by atoms with Crippen LogP contribution in [0.2, 0.25) is 0 Å². The molecule has 1 unspecified atom stereocenters. The van der Waals surface area contributed by atoms with Crippen molar-refractivity contribution in [3.8, 4) is 5.75 Å². The zero-order valence-corrected chi connectivity index (χ0v) is 9.12. The van der Waals surface area contributed by atoms with Gasteiger partial charge in [0.2, 0.25) is 0 Å². The van der Waals surface area contributed by atoms with Crippen LogP contribution in [0.25, 0.3) is 0 Å². The lowest BCUT2D eigenvalue weighted by molar-refractivity contribution is 0.456. The number of phenolic OH excluding ortho intramolecular Hbond substituents is 1. The van der Waals surface area contributed by atoms with Gasteiger partial charge in [0.1, 0.15) is 5.75 Å². The second-order valence-corrected chi connectivity index (χ2v) is 3.96. The van der Waals surface area contributed by atoms with Gasteiger partial charge in [-0.1, -0.05) is 45.0 Å². The lowest BCUT2D eigenvalue weighted by atomic mass is 9.93. The number of hydrogen-bond acceptors (Lipinski definition) is 1. The summed E-state index contributed by atoms with van der Waals surface area (Å²) in [5.41, 5.74) is 1.97. The van der Waals surface area contributed by atoms with Gasteiger partial charge in [0.05, 0.1) is 0 Å². The maximum atomic E-state index is 10.0. The number of benzene rings is 1. The molecule has 0 bridgehead atoms. The molecule has 0 fully saturated rings. The van der Waals surface area contributed by atoms with Gasteiger partial charge in [-0.05, 0) is 11.5 Å². The van der Waals surface area contributed by atoms with Crippen molar-refractivity contribution >= 4 is 0 Å². The van der Waals surface area contributed by atoms with Crippen LogP contribution in [-0.4, -0.2) is 5.11 Å². The molecule has 1 rings (SSSR count). The van der Waals surface area contributed by atoms with Crippen LogP contribution < -0.4 is 0 Å². The third-order valence-electron chi connectivity index (χ3n) is 2.56. The van der Waals surface area contributed by atoms with Gasteiger partial charge in [-0.2, -0.15) is 0 Å². The number of aromatic hydroxyl groups is 1. The second-order valence-electron chi connectivity index (χ2n) is 3.96. The fraction of sp³-hybridized carbons (Fsp3) is 0.385. The predicted octanol–water partition coefficient (Wildman–Crippen LogP) is 3.81. The first-order valence-corrected chi connectivity index (χ1v) is 5.02. The molecule has 0 spiro atoms. The molecular weight excluding hydrogens is 172 g/mol. The van der Waals surface area contributed by atoms with Crippen LogP contribution in [-0.2, 0) is 0 Å². The molecule has 1 atom stereocenters. The van der Waals surface area contributed by atoms with Crippen LogP contribution in [0.15, 0.2) is 30.9 Å². The maximum absolute atomic E-state index is 10.0. The first-order chi connectivity index (χ1) is 6.57. The standard InChI is InChI=1S/C13H18O/c1-5-10(4)12-8-6-7-11(9(2)3)13(12)14/h5-10,14H,1H2,2-4H3. The summed E-state index contributed by atoms with van der Waals surface area (Å²) >= 11 is 0. The van der Waals surface area contributed by atoms with E-state index in [-0.39, 0.29) is 5.92 Å². The van der Waals surface area contributed by atoms with Crippen LogP contribution in [0, 0.1) is 0 Å². The van der Waals surface area contributed by atoms with Crippen LogP contribution in [0.1, 0.15) is 43.7 Å². The first-order valence-electron chi connectivity index (χ1n) is 5.02. The molecule has 1 nitrogen and oxygen atoms in total. The van der Waals surface area contributed by atoms with Gasteiger partial charge in [0.25, 0.3) is 0 Å². The molecule has 0 aliphatic rings. The zero-order chi connectivity index (χ0) is 10.7. The van der Waals surface area contributed by atoms with Crippen molar-refractivity contribution in [1.82, 2.24) is 0 Å². The highest BCUT2D eigenvalue weighted by molar-refractivity contribution is 5.44. The summed E-state index contributed by atoms with van der Waals surface area (Å²) in [6.45, 7) is 9.94. The van der Waals surface area contributed by atoms with Crippen molar-refractivity contribution < 1.29 is 5.11 Å². The Balaban J connectivity index is 3.20. The van der Waals surface area contributed by atoms with E-state index >= 15 is 0 Å². The van der Waals surface area contributed by atoms with Gasteiger partial charge in [-0.25, -0.2) is 0 Å². The minimum atomic E-state index is 0.202. The van der Waals surface area contributed by atoms with E-state index in [2.05, 4.69) is 20.4 Å². The van der Waals surface area contributed by atoms with Crippen molar-refractivity contribution in [3.63, 3.8) is 0 Å². The topological polar surface area (TPSA) is 20.2 Å². The highest BCUT2D eigenvalue weighted by atomic mass is 16.3. The van der Waals surface area contributed by atoms with E-state index < -0.39 is 0 Å². The van der Waals surface area contributed by atoms with Gasteiger partial charge in [-0.3, -0.25) is 0 Å². The summed E-state index contributed by atoms with van der Waals surface area (Å²) in [5, 5.41) is 10.0. The van der Waals surface area contributed by atoms with Crippen LogP contribution in [0.4, 0.5) is 0 Å². The van der Waals surface area contributed by atoms with E-state index in [1.807, 2.05) is 31.2 Å². The summed E-state index contributed by atoms with van der Waals surface area (Å²) in [7, 11) is 0. The number of allylic oxidation sites excluding steroid dienone is 1. The first kappa shape index (κ1) is 10.8. The van der Waals surface area contributed by atoms with Crippen molar-refractivity contribution in [2.75, 3.05) is 0 Å². The molecular formula is C13H18O. The molecule has 1 aromatic carbocycles. The lowest BCUT2D eigenvalue weighted by Crippen LogP contribution is -1.95. The number of hydrogen-bond donors (Lipinski definition) is 1. The Bertz CT molecular complexity index is 326. The van der Waals surface area contributed by atoms with Crippen molar-refractivity contribution in [1.29, 1.82) is 0 Å². The van der Waals surface area contributed by atoms with E-state index in [4.69, 9.17) is 0 Å². The fourth-order valence-corrected chi connectivity index (χ4v) is 1.54. The van der Waals surface area contributed by atoms with E-state index in [1.54, 1.807) is 0 Å². The minimum Gasteiger partial charge on any atom is -0.507 e. The summed E-state index contributed by atoms with van der Waals surface area (Å²) in [6, 6.07) is 5.91. The normalized spacial score (nSPS) is 12.9. The van der Waals surface area contributed by atoms with Crippen molar-refractivity contribution in [3.05, 3.63) is 42.0 Å². The number of rotatable bonds is 3. The molecule has 14 heavy (non-hydrogen) atoms. The molecule has 0 aliphatic carbocycles. The maximum Gasteiger partial charge on any atom is 0.122 e. The molecule has 1 N–H and O–H groups in total. The van der Waals surface area contributed by atoms with Gasteiger partial charge < -0.3 is 5.11 Å². The Labute approximate surface area is 86.1 Å². The summed E-state index contributed by atoms with van der Waals surface area (Å²) in [4.78, 5) is 0. The molecule has 76 valence electrons. The summed E-state index contributed by atoms with van der Waals surface area (Å²) < 4.78 is 0. The summed E-state index contributed by atoms with van der Waals surface area (Å²) in [5.74, 6) is 0.982. The van der Waals surface area contributed by atoms with E-state index in [1.165, 1.54) is 0 Å². The molecule has 0 radical (unpaired) electrons. The van der Waals surface area contributed by atoms with Gasteiger partial charge >= 0.3 is 0 Å². The smallest absolute Gasteiger partial charge is 0.122 e. The minimum absolute atomic E-state index is 0.202. The molecule has 1 aromatic rings. The molecule has 0 aliphatic heterocycles. The quantitative estimate of drug-likeness (QED) is 0.719. The third-order valence-corrected chi connectivity index (χ3v) is 2.56. The van der Waals surface area contributed by atoms with Crippen molar-refractivity contribution in [2.24, 2.45) is 0 Å².